The summed E-state index contributed by atoms with van der Waals surface area (Å²) in [6.45, 7) is 0.569. The molecule has 0 radical (unpaired) electrons. The van der Waals surface area contributed by atoms with Crippen LogP contribution in [0.4, 0.5) is 5.69 Å². The molecular formula is C20H19ClN4O4S. The lowest BCUT2D eigenvalue weighted by Crippen LogP contribution is -2.27. The van der Waals surface area contributed by atoms with Crippen molar-refractivity contribution in [2.24, 2.45) is 0 Å². The molecule has 0 unspecified atom stereocenters. The van der Waals surface area contributed by atoms with Crippen molar-refractivity contribution in [3.05, 3.63) is 59.4 Å². The first-order valence-corrected chi connectivity index (χ1v) is 11.1. The molecule has 2 aromatic carbocycles. The van der Waals surface area contributed by atoms with Crippen LogP contribution in [-0.2, 0) is 21.4 Å². The minimum atomic E-state index is -3.77. The zero-order valence-electron chi connectivity index (χ0n) is 16.2. The molecular weight excluding hydrogens is 428 g/mol. The third kappa shape index (κ3) is 4.09. The van der Waals surface area contributed by atoms with Crippen molar-refractivity contribution in [1.29, 1.82) is 0 Å². The molecule has 0 spiro atoms. The average Bonchev–Trinajstić information content (AvgIpc) is 3.37. The minimum Gasteiger partial charge on any atom is -0.338 e. The number of anilines is 1. The maximum absolute atomic E-state index is 12.9. The van der Waals surface area contributed by atoms with Gasteiger partial charge in [0.2, 0.25) is 27.6 Å². The second-order valence-corrected chi connectivity index (χ2v) is 9.41. The number of amides is 1. The molecule has 0 atom stereocenters. The van der Waals surface area contributed by atoms with Crippen molar-refractivity contribution in [3.63, 3.8) is 0 Å². The molecule has 1 fully saturated rings. The van der Waals surface area contributed by atoms with Crippen molar-refractivity contribution < 1.29 is 17.7 Å². The van der Waals surface area contributed by atoms with E-state index in [1.807, 2.05) is 0 Å². The second-order valence-electron chi connectivity index (χ2n) is 6.93. The Labute approximate surface area is 179 Å². The molecule has 10 heteroatoms. The molecule has 8 nitrogen and oxygen atoms in total. The first-order chi connectivity index (χ1) is 14.3. The molecule has 156 valence electrons. The molecule has 0 saturated carbocycles. The Morgan fingerprint density at radius 1 is 1.20 bits per heavy atom. The SMILES string of the molecule is CN(Cc1nc(-c2cccc(Cl)c2)no1)S(=O)(=O)c1ccc(N2CCCC2=O)cc1. The van der Waals surface area contributed by atoms with E-state index in [2.05, 4.69) is 10.1 Å². The van der Waals surface area contributed by atoms with E-state index in [0.717, 1.165) is 10.7 Å². The zero-order valence-corrected chi connectivity index (χ0v) is 17.7. The molecule has 0 N–H and O–H groups in total. The summed E-state index contributed by atoms with van der Waals surface area (Å²) in [6.07, 6.45) is 1.33. The number of hydrogen-bond acceptors (Lipinski definition) is 6. The standard InChI is InChI=1S/C20H19ClN4O4S/c1-24(13-18-22-20(23-29-18)14-4-2-5-15(21)12-14)30(27,28)17-9-7-16(8-10-17)25-11-3-6-19(25)26/h2,4-5,7-10,12H,3,6,11,13H2,1H3. The van der Waals surface area contributed by atoms with E-state index in [4.69, 9.17) is 16.1 Å². The van der Waals surface area contributed by atoms with E-state index in [1.165, 1.54) is 19.2 Å². The van der Waals surface area contributed by atoms with E-state index >= 15 is 0 Å². The Morgan fingerprint density at radius 2 is 1.97 bits per heavy atom. The zero-order chi connectivity index (χ0) is 21.3. The molecule has 1 amide bonds. The second kappa shape index (κ2) is 8.17. The quantitative estimate of drug-likeness (QED) is 0.576. The van der Waals surface area contributed by atoms with Crippen LogP contribution in [0.2, 0.25) is 5.02 Å². The van der Waals surface area contributed by atoms with E-state index in [0.29, 0.717) is 35.1 Å². The maximum Gasteiger partial charge on any atom is 0.243 e. The molecule has 0 aliphatic carbocycles. The highest BCUT2D eigenvalue weighted by atomic mass is 35.5. The fourth-order valence-corrected chi connectivity index (χ4v) is 4.55. The van der Waals surface area contributed by atoms with Crippen molar-refractivity contribution in [2.45, 2.75) is 24.3 Å². The van der Waals surface area contributed by atoms with Gasteiger partial charge >= 0.3 is 0 Å². The number of aromatic nitrogens is 2. The molecule has 1 saturated heterocycles. The summed E-state index contributed by atoms with van der Waals surface area (Å²) in [5.41, 5.74) is 1.37. The number of hydrogen-bond donors (Lipinski definition) is 0. The summed E-state index contributed by atoms with van der Waals surface area (Å²) >= 11 is 5.98. The van der Waals surface area contributed by atoms with Gasteiger partial charge in [0.1, 0.15) is 0 Å². The first-order valence-electron chi connectivity index (χ1n) is 9.30. The molecule has 30 heavy (non-hydrogen) atoms. The third-order valence-corrected chi connectivity index (χ3v) is 6.89. The molecule has 4 rings (SSSR count). The molecule has 1 aliphatic heterocycles. The van der Waals surface area contributed by atoms with Gasteiger partial charge in [0.15, 0.2) is 0 Å². The number of benzene rings is 2. The number of rotatable bonds is 6. The van der Waals surface area contributed by atoms with Gasteiger partial charge in [-0.25, -0.2) is 8.42 Å². The van der Waals surface area contributed by atoms with Crippen LogP contribution < -0.4 is 4.90 Å². The molecule has 1 aliphatic rings. The highest BCUT2D eigenvalue weighted by Gasteiger charge is 2.25. The van der Waals surface area contributed by atoms with Gasteiger partial charge in [-0.1, -0.05) is 28.9 Å². The van der Waals surface area contributed by atoms with Gasteiger partial charge in [-0.15, -0.1) is 0 Å². The number of carbonyl (C=O) groups excluding carboxylic acids is 1. The predicted octanol–water partition coefficient (Wildman–Crippen LogP) is 3.34. The lowest BCUT2D eigenvalue weighted by molar-refractivity contribution is -0.117. The van der Waals surface area contributed by atoms with E-state index in [1.54, 1.807) is 41.3 Å². The first kappa shape index (κ1) is 20.5. The molecule has 0 bridgehead atoms. The van der Waals surface area contributed by atoms with Crippen molar-refractivity contribution in [3.8, 4) is 11.4 Å². The Balaban J connectivity index is 1.49. The monoisotopic (exact) mass is 446 g/mol. The molecule has 1 aromatic heterocycles. The van der Waals surface area contributed by atoms with Crippen molar-refractivity contribution in [2.75, 3.05) is 18.5 Å². The van der Waals surface area contributed by atoms with Crippen LogP contribution in [0, 0.1) is 0 Å². The van der Waals surface area contributed by atoms with Gasteiger partial charge < -0.3 is 9.42 Å². The predicted molar refractivity (Wildman–Crippen MR) is 111 cm³/mol. The van der Waals surface area contributed by atoms with Gasteiger partial charge in [0.05, 0.1) is 11.4 Å². The van der Waals surface area contributed by atoms with E-state index in [9.17, 15) is 13.2 Å². The van der Waals surface area contributed by atoms with E-state index < -0.39 is 10.0 Å². The van der Waals surface area contributed by atoms with E-state index in [-0.39, 0.29) is 23.2 Å². The lowest BCUT2D eigenvalue weighted by atomic mass is 10.2. The van der Waals surface area contributed by atoms with Crippen LogP contribution in [0.5, 0.6) is 0 Å². The normalized spacial score (nSPS) is 14.6. The third-order valence-electron chi connectivity index (χ3n) is 4.84. The van der Waals surface area contributed by atoms with Gasteiger partial charge in [-0.05, 0) is 42.8 Å². The summed E-state index contributed by atoms with van der Waals surface area (Å²) in [5, 5.41) is 4.43. The summed E-state index contributed by atoms with van der Waals surface area (Å²) < 4.78 is 32.1. The Kier molecular flexibility index (Phi) is 5.59. The number of halogens is 1. The van der Waals surface area contributed by atoms with Crippen molar-refractivity contribution in [1.82, 2.24) is 14.4 Å². The fourth-order valence-electron chi connectivity index (χ4n) is 3.24. The highest BCUT2D eigenvalue weighted by molar-refractivity contribution is 7.89. The van der Waals surface area contributed by atoms with Crippen LogP contribution in [0.15, 0.2) is 57.9 Å². The topological polar surface area (TPSA) is 96.6 Å². The average molecular weight is 447 g/mol. The Hall–Kier alpha value is -2.75. The minimum absolute atomic E-state index is 0.0506. The van der Waals surface area contributed by atoms with Crippen LogP contribution in [-0.4, -0.2) is 42.4 Å². The van der Waals surface area contributed by atoms with Crippen LogP contribution in [0.1, 0.15) is 18.7 Å². The molecule has 3 aromatic rings. The van der Waals surface area contributed by atoms with Gasteiger partial charge in [-0.2, -0.15) is 9.29 Å². The smallest absolute Gasteiger partial charge is 0.243 e. The Bertz CT molecular complexity index is 1180. The number of carbonyl (C=O) groups is 1. The van der Waals surface area contributed by atoms with Crippen LogP contribution in [0.25, 0.3) is 11.4 Å². The highest BCUT2D eigenvalue weighted by Crippen LogP contribution is 2.25. The number of sulfonamides is 1. The van der Waals surface area contributed by atoms with Crippen molar-refractivity contribution >= 4 is 33.2 Å². The summed E-state index contributed by atoms with van der Waals surface area (Å²) in [7, 11) is -2.33. The maximum atomic E-state index is 12.9. The largest absolute Gasteiger partial charge is 0.338 e. The summed E-state index contributed by atoms with van der Waals surface area (Å²) in [5.74, 6) is 0.544. The Morgan fingerprint density at radius 3 is 2.63 bits per heavy atom. The lowest BCUT2D eigenvalue weighted by Gasteiger charge is -2.18. The summed E-state index contributed by atoms with van der Waals surface area (Å²) in [6, 6.07) is 13.3. The fraction of sp³-hybridized carbons (Fsp3) is 0.250. The van der Waals surface area contributed by atoms with Crippen LogP contribution in [0.3, 0.4) is 0 Å². The molecule has 2 heterocycles. The van der Waals surface area contributed by atoms with Gasteiger partial charge in [0.25, 0.3) is 0 Å². The van der Waals surface area contributed by atoms with Crippen LogP contribution >= 0.6 is 11.6 Å². The van der Waals surface area contributed by atoms with Gasteiger partial charge in [0, 0.05) is 36.3 Å². The number of nitrogens with zero attached hydrogens (tertiary/aromatic N) is 4. The summed E-state index contributed by atoms with van der Waals surface area (Å²) in [4.78, 5) is 17.9. The van der Waals surface area contributed by atoms with Gasteiger partial charge in [-0.3, -0.25) is 4.79 Å².